The molecule has 0 saturated heterocycles. The Morgan fingerprint density at radius 2 is 1.96 bits per heavy atom. The van der Waals surface area contributed by atoms with E-state index in [2.05, 4.69) is 0 Å². The highest BCUT2D eigenvalue weighted by Gasteiger charge is 2.28. The van der Waals surface area contributed by atoms with Crippen molar-refractivity contribution in [2.75, 3.05) is 20.8 Å². The Bertz CT molecular complexity index is 897. The number of benzene rings is 2. The number of ether oxygens (including phenoxy) is 4. The molecule has 0 aromatic heterocycles. The quantitative estimate of drug-likeness (QED) is 0.742. The van der Waals surface area contributed by atoms with Gasteiger partial charge in [0, 0.05) is 11.6 Å². The largest absolute Gasteiger partial charge is 0.493 e. The molecule has 0 aliphatic carbocycles. The summed E-state index contributed by atoms with van der Waals surface area (Å²) < 4.78 is 21.7. The van der Waals surface area contributed by atoms with Crippen LogP contribution < -0.4 is 18.9 Å². The zero-order valence-corrected chi connectivity index (χ0v) is 14.7. The molecule has 0 N–H and O–H groups in total. The molecule has 0 unspecified atom stereocenters. The minimum Gasteiger partial charge on any atom is -0.493 e. The molecule has 2 aromatic rings. The minimum absolute atomic E-state index is 0.0313. The molecular formula is C20H18O6. The molecule has 1 heterocycles. The van der Waals surface area contributed by atoms with Crippen molar-refractivity contribution in [3.05, 3.63) is 53.3 Å². The van der Waals surface area contributed by atoms with Crippen molar-refractivity contribution in [2.24, 2.45) is 0 Å². The average Bonchev–Trinajstić information content (AvgIpc) is 2.94. The number of hydrogen-bond donors (Lipinski definition) is 0. The summed E-state index contributed by atoms with van der Waals surface area (Å²) in [4.78, 5) is 23.6. The van der Waals surface area contributed by atoms with E-state index in [-0.39, 0.29) is 23.9 Å². The van der Waals surface area contributed by atoms with Crippen LogP contribution in [0.1, 0.15) is 22.8 Å². The first-order valence-electron chi connectivity index (χ1n) is 7.95. The second-order valence-corrected chi connectivity index (χ2v) is 5.67. The highest BCUT2D eigenvalue weighted by molar-refractivity contribution is 6.14. The van der Waals surface area contributed by atoms with Gasteiger partial charge in [-0.25, -0.2) is 0 Å². The molecule has 0 atom stereocenters. The van der Waals surface area contributed by atoms with E-state index in [1.807, 2.05) is 0 Å². The maximum absolute atomic E-state index is 12.6. The Kier molecular flexibility index (Phi) is 4.93. The normalized spacial score (nSPS) is 14.0. The fourth-order valence-electron chi connectivity index (χ4n) is 2.61. The van der Waals surface area contributed by atoms with Crippen molar-refractivity contribution in [3.8, 4) is 23.0 Å². The monoisotopic (exact) mass is 354 g/mol. The van der Waals surface area contributed by atoms with Crippen molar-refractivity contribution in [1.82, 2.24) is 0 Å². The number of ketones is 2. The van der Waals surface area contributed by atoms with Crippen LogP contribution in [0.25, 0.3) is 6.08 Å². The van der Waals surface area contributed by atoms with Gasteiger partial charge in [0.1, 0.15) is 18.1 Å². The van der Waals surface area contributed by atoms with Gasteiger partial charge in [-0.1, -0.05) is 12.1 Å². The molecule has 0 bridgehead atoms. The fourth-order valence-corrected chi connectivity index (χ4v) is 2.61. The van der Waals surface area contributed by atoms with Gasteiger partial charge in [0.2, 0.25) is 5.78 Å². The highest BCUT2D eigenvalue weighted by Crippen LogP contribution is 2.37. The van der Waals surface area contributed by atoms with E-state index < -0.39 is 0 Å². The van der Waals surface area contributed by atoms with Crippen LogP contribution in [-0.4, -0.2) is 32.4 Å². The first kappa shape index (κ1) is 17.5. The lowest BCUT2D eigenvalue weighted by Gasteiger charge is -2.10. The van der Waals surface area contributed by atoms with Gasteiger partial charge >= 0.3 is 0 Å². The van der Waals surface area contributed by atoms with Crippen LogP contribution in [0.15, 0.2) is 42.2 Å². The van der Waals surface area contributed by atoms with Crippen molar-refractivity contribution < 1.29 is 28.5 Å². The summed E-state index contributed by atoms with van der Waals surface area (Å²) in [6.07, 6.45) is 1.61. The predicted octanol–water partition coefficient (Wildman–Crippen LogP) is 3.29. The molecule has 0 spiro atoms. The summed E-state index contributed by atoms with van der Waals surface area (Å²) in [5.74, 6) is 1.78. The summed E-state index contributed by atoms with van der Waals surface area (Å²) in [6, 6.07) is 10.2. The van der Waals surface area contributed by atoms with Crippen LogP contribution in [0.2, 0.25) is 0 Å². The molecule has 26 heavy (non-hydrogen) atoms. The Hall–Kier alpha value is -3.28. The maximum Gasteiger partial charge on any atom is 0.231 e. The molecule has 0 amide bonds. The summed E-state index contributed by atoms with van der Waals surface area (Å²) >= 11 is 0. The summed E-state index contributed by atoms with van der Waals surface area (Å²) in [5, 5.41) is 0. The van der Waals surface area contributed by atoms with Gasteiger partial charge in [-0.2, -0.15) is 0 Å². The van der Waals surface area contributed by atoms with Crippen LogP contribution in [0.4, 0.5) is 0 Å². The van der Waals surface area contributed by atoms with Gasteiger partial charge in [0.25, 0.3) is 0 Å². The van der Waals surface area contributed by atoms with E-state index >= 15 is 0 Å². The second-order valence-electron chi connectivity index (χ2n) is 5.67. The Balaban J connectivity index is 1.90. The second kappa shape index (κ2) is 7.31. The van der Waals surface area contributed by atoms with Gasteiger partial charge in [-0.15, -0.1) is 0 Å². The molecule has 134 valence electrons. The zero-order chi connectivity index (χ0) is 18.7. The van der Waals surface area contributed by atoms with Crippen LogP contribution >= 0.6 is 0 Å². The van der Waals surface area contributed by atoms with E-state index in [0.29, 0.717) is 34.1 Å². The predicted molar refractivity (Wildman–Crippen MR) is 95.1 cm³/mol. The number of para-hydroxylation sites is 1. The topological polar surface area (TPSA) is 71.1 Å². The van der Waals surface area contributed by atoms with Crippen molar-refractivity contribution in [1.29, 1.82) is 0 Å². The van der Waals surface area contributed by atoms with Gasteiger partial charge in [0.15, 0.2) is 23.0 Å². The van der Waals surface area contributed by atoms with Gasteiger partial charge in [-0.05, 0) is 31.2 Å². The summed E-state index contributed by atoms with van der Waals surface area (Å²) in [7, 11) is 3.08. The summed E-state index contributed by atoms with van der Waals surface area (Å²) in [6.45, 7) is 1.41. The molecule has 0 radical (unpaired) electrons. The third kappa shape index (κ3) is 3.39. The summed E-state index contributed by atoms with van der Waals surface area (Å²) in [5.41, 5.74) is 1.10. The molecule has 6 heteroatoms. The third-order valence-corrected chi connectivity index (χ3v) is 3.80. The minimum atomic E-state index is -0.233. The number of hydrogen-bond acceptors (Lipinski definition) is 6. The van der Waals surface area contributed by atoms with E-state index in [9.17, 15) is 9.59 Å². The standard InChI is InChI=1S/C20H18O6/c1-12(21)11-25-14-7-8-15-17(10-14)26-18(19(15)22)9-13-5-4-6-16(23-2)20(13)24-3/h4-10H,11H2,1-3H3/b18-9-. The lowest BCUT2D eigenvalue weighted by molar-refractivity contribution is -0.118. The van der Waals surface area contributed by atoms with E-state index in [1.54, 1.807) is 49.6 Å². The molecule has 1 aliphatic rings. The lowest BCUT2D eigenvalue weighted by Crippen LogP contribution is -2.06. The SMILES string of the molecule is COc1cccc(/C=C2\Oc3cc(OCC(C)=O)ccc3C2=O)c1OC. The number of rotatable bonds is 6. The number of carbonyl (C=O) groups is 2. The molecular weight excluding hydrogens is 336 g/mol. The molecule has 0 saturated carbocycles. The first-order chi connectivity index (χ1) is 12.5. The number of fused-ring (bicyclic) bond motifs is 1. The smallest absolute Gasteiger partial charge is 0.231 e. The molecule has 1 aliphatic heterocycles. The van der Waals surface area contributed by atoms with E-state index in [4.69, 9.17) is 18.9 Å². The van der Waals surface area contributed by atoms with Crippen LogP contribution in [-0.2, 0) is 4.79 Å². The van der Waals surface area contributed by atoms with E-state index in [1.165, 1.54) is 14.0 Å². The van der Waals surface area contributed by atoms with Crippen LogP contribution in [0.3, 0.4) is 0 Å². The third-order valence-electron chi connectivity index (χ3n) is 3.80. The number of methoxy groups -OCH3 is 2. The van der Waals surface area contributed by atoms with E-state index in [0.717, 1.165) is 0 Å². The Morgan fingerprint density at radius 1 is 1.15 bits per heavy atom. The van der Waals surface area contributed by atoms with Crippen molar-refractivity contribution in [2.45, 2.75) is 6.92 Å². The van der Waals surface area contributed by atoms with Gasteiger partial charge in [-0.3, -0.25) is 9.59 Å². The highest BCUT2D eigenvalue weighted by atomic mass is 16.5. The van der Waals surface area contributed by atoms with Crippen molar-refractivity contribution in [3.63, 3.8) is 0 Å². The zero-order valence-electron chi connectivity index (χ0n) is 14.7. The molecule has 0 fully saturated rings. The van der Waals surface area contributed by atoms with Crippen LogP contribution in [0.5, 0.6) is 23.0 Å². The molecule has 6 nitrogen and oxygen atoms in total. The van der Waals surface area contributed by atoms with Crippen molar-refractivity contribution >= 4 is 17.6 Å². The number of allylic oxidation sites excluding steroid dienone is 1. The molecule has 2 aromatic carbocycles. The van der Waals surface area contributed by atoms with Gasteiger partial charge < -0.3 is 18.9 Å². The first-order valence-corrected chi connectivity index (χ1v) is 7.95. The maximum atomic E-state index is 12.6. The fraction of sp³-hybridized carbons (Fsp3) is 0.200. The Labute approximate surface area is 150 Å². The van der Waals surface area contributed by atoms with Gasteiger partial charge in [0.05, 0.1) is 19.8 Å². The van der Waals surface area contributed by atoms with Crippen LogP contribution in [0, 0.1) is 0 Å². The molecule has 3 rings (SSSR count). The average molecular weight is 354 g/mol. The Morgan fingerprint density at radius 3 is 2.65 bits per heavy atom. The lowest BCUT2D eigenvalue weighted by atomic mass is 10.1. The number of Topliss-reactive ketones (excluding diaryl/α,β-unsaturated/α-hetero) is 2. The number of carbonyl (C=O) groups excluding carboxylic acids is 2.